The summed E-state index contributed by atoms with van der Waals surface area (Å²) in [6, 6.07) is 15.1. The highest BCUT2D eigenvalue weighted by Gasteiger charge is 2.19. The quantitative estimate of drug-likeness (QED) is 0.374. The predicted molar refractivity (Wildman–Crippen MR) is 115 cm³/mol. The average Bonchev–Trinajstić information content (AvgIpc) is 2.65. The molecule has 2 atom stereocenters. The van der Waals surface area contributed by atoms with Crippen molar-refractivity contribution in [1.82, 2.24) is 0 Å². The van der Waals surface area contributed by atoms with Gasteiger partial charge in [0, 0.05) is 0 Å². The van der Waals surface area contributed by atoms with Crippen LogP contribution in [0.4, 0.5) is 0 Å². The molecule has 1 unspecified atom stereocenters. The summed E-state index contributed by atoms with van der Waals surface area (Å²) in [5.74, 6) is 1.35. The SMILES string of the molecule is Cc1ccccc1OC[C@H](COP(=O)([O-])OCC[N+](C)(C)C)Oc1ccccc1C. The molecule has 0 radical (unpaired) electrons. The zero-order valence-electron chi connectivity index (χ0n) is 18.4. The van der Waals surface area contributed by atoms with E-state index in [-0.39, 0.29) is 19.8 Å². The van der Waals surface area contributed by atoms with Crippen LogP contribution in [0.2, 0.25) is 0 Å². The van der Waals surface area contributed by atoms with E-state index in [4.69, 9.17) is 18.5 Å². The van der Waals surface area contributed by atoms with Gasteiger partial charge in [0.15, 0.2) is 6.10 Å². The van der Waals surface area contributed by atoms with Crippen LogP contribution in [-0.2, 0) is 13.6 Å². The van der Waals surface area contributed by atoms with Gasteiger partial charge in [-0.2, -0.15) is 0 Å². The molecule has 7 nitrogen and oxygen atoms in total. The topological polar surface area (TPSA) is 77.1 Å². The van der Waals surface area contributed by atoms with Gasteiger partial charge in [-0.25, -0.2) is 0 Å². The molecule has 2 rings (SSSR count). The van der Waals surface area contributed by atoms with Crippen LogP contribution in [0.25, 0.3) is 0 Å². The third-order valence-corrected chi connectivity index (χ3v) is 5.30. The van der Waals surface area contributed by atoms with Crippen molar-refractivity contribution in [1.29, 1.82) is 0 Å². The number of phosphoric acid groups is 1. The predicted octanol–water partition coefficient (Wildman–Crippen LogP) is 3.34. The maximum absolute atomic E-state index is 12.1. The van der Waals surface area contributed by atoms with Crippen LogP contribution < -0.4 is 14.4 Å². The van der Waals surface area contributed by atoms with Crippen molar-refractivity contribution in [2.24, 2.45) is 0 Å². The van der Waals surface area contributed by atoms with Crippen LogP contribution in [0, 0.1) is 13.8 Å². The van der Waals surface area contributed by atoms with Crippen LogP contribution >= 0.6 is 7.82 Å². The zero-order chi connectivity index (χ0) is 22.2. The smallest absolute Gasteiger partial charge is 0.268 e. The van der Waals surface area contributed by atoms with Crippen molar-refractivity contribution < 1.29 is 32.5 Å². The molecule has 8 heteroatoms. The molecule has 2 aromatic rings. The first-order valence-corrected chi connectivity index (χ1v) is 11.3. The zero-order valence-corrected chi connectivity index (χ0v) is 19.3. The molecular formula is C22H32NO6P. The van der Waals surface area contributed by atoms with Crippen LogP contribution in [0.3, 0.4) is 0 Å². The van der Waals surface area contributed by atoms with Gasteiger partial charge < -0.3 is 27.9 Å². The number of rotatable bonds is 12. The van der Waals surface area contributed by atoms with E-state index in [1.165, 1.54) is 0 Å². The fraction of sp³-hybridized carbons (Fsp3) is 0.455. The highest BCUT2D eigenvalue weighted by atomic mass is 31.2. The Morgan fingerprint density at radius 2 is 1.47 bits per heavy atom. The summed E-state index contributed by atoms with van der Waals surface area (Å²) in [4.78, 5) is 12.1. The van der Waals surface area contributed by atoms with E-state index in [1.807, 2.05) is 83.5 Å². The van der Waals surface area contributed by atoms with E-state index >= 15 is 0 Å². The van der Waals surface area contributed by atoms with Gasteiger partial charge >= 0.3 is 0 Å². The number of para-hydroxylation sites is 2. The highest BCUT2D eigenvalue weighted by Crippen LogP contribution is 2.38. The molecule has 0 N–H and O–H groups in total. The largest absolute Gasteiger partial charge is 0.756 e. The number of ether oxygens (including phenoxy) is 2. The number of quaternary nitrogens is 1. The van der Waals surface area contributed by atoms with E-state index < -0.39 is 13.9 Å². The van der Waals surface area contributed by atoms with Crippen LogP contribution in [0.5, 0.6) is 11.5 Å². The van der Waals surface area contributed by atoms with E-state index in [9.17, 15) is 9.46 Å². The Labute approximate surface area is 179 Å². The molecule has 0 heterocycles. The van der Waals surface area contributed by atoms with Gasteiger partial charge in [0.2, 0.25) is 0 Å². The second-order valence-corrected chi connectivity index (χ2v) is 9.58. The second-order valence-electron chi connectivity index (χ2n) is 8.17. The summed E-state index contributed by atoms with van der Waals surface area (Å²) in [7, 11) is 1.41. The Bertz CT molecular complexity index is 852. The first-order chi connectivity index (χ1) is 14.1. The molecule has 166 valence electrons. The number of nitrogens with zero attached hydrogens (tertiary/aromatic N) is 1. The van der Waals surface area contributed by atoms with Crippen LogP contribution in [0.1, 0.15) is 11.1 Å². The fourth-order valence-electron chi connectivity index (χ4n) is 2.52. The Morgan fingerprint density at radius 3 is 2.03 bits per heavy atom. The molecule has 0 bridgehead atoms. The van der Waals surface area contributed by atoms with E-state index in [1.54, 1.807) is 0 Å². The molecule has 0 amide bonds. The minimum Gasteiger partial charge on any atom is -0.756 e. The third kappa shape index (κ3) is 8.86. The summed E-state index contributed by atoms with van der Waals surface area (Å²) < 4.78 is 34.7. The molecule has 0 fully saturated rings. The molecule has 0 saturated carbocycles. The number of benzene rings is 2. The van der Waals surface area contributed by atoms with Crippen molar-refractivity contribution in [2.75, 3.05) is 47.5 Å². The standard InChI is InChI=1S/C22H32NO6P/c1-18-10-6-8-12-21(18)26-16-20(29-22-13-9-7-11-19(22)2)17-28-30(24,25)27-15-14-23(3,4)5/h6-13,20H,14-17H2,1-5H3/t20-/m1/s1. The maximum Gasteiger partial charge on any atom is 0.268 e. The lowest BCUT2D eigenvalue weighted by molar-refractivity contribution is -0.870. The van der Waals surface area contributed by atoms with Gasteiger partial charge in [-0.1, -0.05) is 36.4 Å². The van der Waals surface area contributed by atoms with Crippen LogP contribution in [0.15, 0.2) is 48.5 Å². The molecule has 0 spiro atoms. The lowest BCUT2D eigenvalue weighted by Crippen LogP contribution is -2.37. The molecular weight excluding hydrogens is 405 g/mol. The van der Waals surface area contributed by atoms with E-state index in [0.717, 1.165) is 11.1 Å². The number of phosphoric ester groups is 1. The van der Waals surface area contributed by atoms with Crippen molar-refractivity contribution in [3.63, 3.8) is 0 Å². The molecule has 30 heavy (non-hydrogen) atoms. The Balaban J connectivity index is 2.00. The minimum atomic E-state index is -4.45. The van der Waals surface area contributed by atoms with Crippen molar-refractivity contribution in [3.8, 4) is 11.5 Å². The van der Waals surface area contributed by atoms with Crippen LogP contribution in [-0.4, -0.2) is 58.1 Å². The Hall–Kier alpha value is -1.89. The van der Waals surface area contributed by atoms with E-state index in [0.29, 0.717) is 22.5 Å². The molecule has 0 saturated heterocycles. The Morgan fingerprint density at radius 1 is 0.900 bits per heavy atom. The number of hydrogen-bond donors (Lipinski definition) is 0. The summed E-state index contributed by atoms with van der Waals surface area (Å²) in [6.07, 6.45) is -0.644. The van der Waals surface area contributed by atoms with E-state index in [2.05, 4.69) is 0 Å². The molecule has 0 aliphatic rings. The van der Waals surface area contributed by atoms with Crippen molar-refractivity contribution >= 4 is 7.82 Å². The average molecular weight is 437 g/mol. The summed E-state index contributed by atoms with van der Waals surface area (Å²) >= 11 is 0. The van der Waals surface area contributed by atoms with Gasteiger partial charge in [0.1, 0.15) is 31.3 Å². The van der Waals surface area contributed by atoms with Gasteiger partial charge in [-0.15, -0.1) is 0 Å². The van der Waals surface area contributed by atoms with Crippen molar-refractivity contribution in [3.05, 3.63) is 59.7 Å². The molecule has 2 aromatic carbocycles. The third-order valence-electron chi connectivity index (χ3n) is 4.34. The lowest BCUT2D eigenvalue weighted by atomic mass is 10.2. The summed E-state index contributed by atoms with van der Waals surface area (Å²) in [6.45, 7) is 4.35. The molecule has 0 aliphatic carbocycles. The molecule has 0 aliphatic heterocycles. The number of likely N-dealkylation sites (N-methyl/N-ethyl adjacent to an activating group) is 1. The fourth-order valence-corrected chi connectivity index (χ4v) is 3.25. The monoisotopic (exact) mass is 437 g/mol. The molecule has 0 aromatic heterocycles. The number of aryl methyl sites for hydroxylation is 2. The minimum absolute atomic E-state index is 0.0489. The first-order valence-electron chi connectivity index (χ1n) is 9.87. The van der Waals surface area contributed by atoms with Gasteiger partial charge in [0.05, 0.1) is 27.7 Å². The second kappa shape index (κ2) is 10.9. The lowest BCUT2D eigenvalue weighted by Gasteiger charge is -2.28. The van der Waals surface area contributed by atoms with Gasteiger partial charge in [-0.3, -0.25) is 4.57 Å². The highest BCUT2D eigenvalue weighted by molar-refractivity contribution is 7.45. The first kappa shape index (κ1) is 24.4. The van der Waals surface area contributed by atoms with Gasteiger partial charge in [-0.05, 0) is 37.1 Å². The Kier molecular flexibility index (Phi) is 8.89. The van der Waals surface area contributed by atoms with Crippen molar-refractivity contribution in [2.45, 2.75) is 20.0 Å². The van der Waals surface area contributed by atoms with Gasteiger partial charge in [0.25, 0.3) is 7.82 Å². The summed E-state index contributed by atoms with van der Waals surface area (Å²) in [5.41, 5.74) is 1.91. The maximum atomic E-state index is 12.1. The number of hydrogen-bond acceptors (Lipinski definition) is 6. The summed E-state index contributed by atoms with van der Waals surface area (Å²) in [5, 5.41) is 0. The normalized spacial score (nSPS) is 14.7.